The molecule has 0 spiro atoms. The number of carbonyl (C=O) groups is 6. The van der Waals surface area contributed by atoms with Gasteiger partial charge in [-0.15, -0.1) is 16.9 Å². The lowest BCUT2D eigenvalue weighted by molar-refractivity contribution is -0.136. The molecule has 6 rings (SSSR count). The van der Waals surface area contributed by atoms with Crippen LogP contribution in [0, 0.1) is 0 Å². The number of fused-ring (bicyclic) bond motifs is 1. The Morgan fingerprint density at radius 3 is 2.33 bits per heavy atom. The third kappa shape index (κ3) is 10.9. The Balaban J connectivity index is 0.792. The minimum Gasteiger partial charge on any atom is -0.384 e. The molecule has 0 aliphatic carbocycles. The number of unbranched alkanes of at least 4 members (excludes halogenated alkanes) is 8. The number of nitrogens with one attached hydrogen (secondary N) is 5. The van der Waals surface area contributed by atoms with Gasteiger partial charge in [0.15, 0.2) is 0 Å². The van der Waals surface area contributed by atoms with E-state index in [2.05, 4.69) is 31.6 Å². The Morgan fingerprint density at radius 2 is 1.57 bits per heavy atom. The fraction of sp³-hybridized carbons (Fsp3) is 0.366. The number of nitrogens with zero attached hydrogens (tertiary/aromatic N) is 4. The van der Waals surface area contributed by atoms with Gasteiger partial charge in [0.1, 0.15) is 6.04 Å². The van der Waals surface area contributed by atoms with Gasteiger partial charge in [-0.2, -0.15) is 0 Å². The van der Waals surface area contributed by atoms with Gasteiger partial charge in [-0.25, -0.2) is 15.0 Å². The van der Waals surface area contributed by atoms with Crippen LogP contribution in [0.1, 0.15) is 107 Å². The average molecular weight is 810 g/mol. The van der Waals surface area contributed by atoms with Crippen molar-refractivity contribution in [2.45, 2.75) is 87.3 Å². The molecule has 3 heterocycles. The molecule has 304 valence electrons. The molecule has 3 aromatic carbocycles. The third-order valence-corrected chi connectivity index (χ3v) is 10.9. The van der Waals surface area contributed by atoms with Gasteiger partial charge < -0.3 is 16.0 Å². The molecule has 58 heavy (non-hydrogen) atoms. The first-order valence-corrected chi connectivity index (χ1v) is 20.5. The Bertz CT molecular complexity index is 2140. The number of hydrogen-bond donors (Lipinski definition) is 6. The van der Waals surface area contributed by atoms with Crippen LogP contribution in [0.25, 0.3) is 5.69 Å². The molecular weight excluding hydrogens is 763 g/mol. The predicted molar refractivity (Wildman–Crippen MR) is 217 cm³/mol. The number of benzene rings is 3. The normalized spacial score (nSPS) is 14.9. The number of thioether (sulfide) groups is 1. The second-order valence-electron chi connectivity index (χ2n) is 14.1. The zero-order valence-electron chi connectivity index (χ0n) is 32.0. The molecule has 6 N–H and O–H groups in total. The van der Waals surface area contributed by atoms with Crippen LogP contribution in [0.15, 0.2) is 77.8 Å². The van der Waals surface area contributed by atoms with Crippen molar-refractivity contribution in [3.05, 3.63) is 95.3 Å². The van der Waals surface area contributed by atoms with Crippen LogP contribution >= 0.6 is 11.8 Å². The molecule has 4 aromatic rings. The molecule has 0 saturated carbocycles. The van der Waals surface area contributed by atoms with Crippen molar-refractivity contribution in [2.24, 2.45) is 0 Å². The lowest BCUT2D eigenvalue weighted by atomic mass is 10.0. The highest BCUT2D eigenvalue weighted by molar-refractivity contribution is 7.98. The van der Waals surface area contributed by atoms with Crippen molar-refractivity contribution >= 4 is 58.7 Å². The number of hydroxylamine groups is 1. The summed E-state index contributed by atoms with van der Waals surface area (Å²) in [6, 6.07) is 18.1. The van der Waals surface area contributed by atoms with Crippen molar-refractivity contribution < 1.29 is 34.0 Å². The number of rotatable bonds is 20. The van der Waals surface area contributed by atoms with Gasteiger partial charge >= 0.3 is 6.03 Å². The Labute approximate surface area is 339 Å². The molecule has 7 amide bonds. The van der Waals surface area contributed by atoms with E-state index < -0.39 is 35.6 Å². The Kier molecular flexibility index (Phi) is 14.6. The second kappa shape index (κ2) is 20.4. The molecule has 0 bridgehead atoms. The number of amides is 7. The maximum absolute atomic E-state index is 13.2. The van der Waals surface area contributed by atoms with Crippen LogP contribution in [0.2, 0.25) is 0 Å². The van der Waals surface area contributed by atoms with Gasteiger partial charge in [0, 0.05) is 47.1 Å². The number of anilines is 2. The number of urea groups is 1. The van der Waals surface area contributed by atoms with E-state index in [0.717, 1.165) is 73.3 Å². The zero-order chi connectivity index (χ0) is 40.9. The van der Waals surface area contributed by atoms with Gasteiger partial charge in [0.2, 0.25) is 11.8 Å². The SMILES string of the molecule is O=C1CCC(N2C(=O)c3cccc(NCCCCCCCCCCCNC(=O)Nc4cccc(SCc5cn(-c6cccc(C(=O)NO)c6)nn5)c4)c3C2=O)C(=O)N1. The summed E-state index contributed by atoms with van der Waals surface area (Å²) in [5.74, 6) is -2.10. The van der Waals surface area contributed by atoms with E-state index in [1.807, 2.05) is 24.3 Å². The lowest BCUT2D eigenvalue weighted by Crippen LogP contribution is -2.54. The molecule has 2 aliphatic rings. The Morgan fingerprint density at radius 1 is 0.845 bits per heavy atom. The zero-order valence-corrected chi connectivity index (χ0v) is 32.8. The summed E-state index contributed by atoms with van der Waals surface area (Å²) in [5.41, 5.74) is 5.11. The van der Waals surface area contributed by atoms with E-state index in [0.29, 0.717) is 41.5 Å². The molecule has 1 aromatic heterocycles. The van der Waals surface area contributed by atoms with Crippen molar-refractivity contribution in [1.82, 2.24) is 36.0 Å². The molecule has 1 fully saturated rings. The first kappa shape index (κ1) is 41.6. The summed E-state index contributed by atoms with van der Waals surface area (Å²) >= 11 is 1.55. The summed E-state index contributed by atoms with van der Waals surface area (Å²) in [4.78, 5) is 76.4. The summed E-state index contributed by atoms with van der Waals surface area (Å²) in [6.45, 7) is 1.25. The van der Waals surface area contributed by atoms with E-state index in [-0.39, 0.29) is 30.0 Å². The standard InChI is InChI=1S/C41H47N9O7S/c51-35-20-19-34(38(53)45-35)50-39(54)32-17-12-18-33(36(32)40(50)55)42-21-8-6-4-2-1-3-5-7-9-22-43-41(56)44-28-14-11-16-31(24-28)58-26-29-25-49(48-46-29)30-15-10-13-27(23-30)37(52)47-57/h10-18,23-25,34,42,57H,1-9,19-22,26H2,(H,47,52)(H2,43,44,56)(H,45,51,53). The maximum atomic E-state index is 13.2. The van der Waals surface area contributed by atoms with E-state index >= 15 is 0 Å². The van der Waals surface area contributed by atoms with Gasteiger partial charge in [-0.3, -0.25) is 39.4 Å². The summed E-state index contributed by atoms with van der Waals surface area (Å²) in [7, 11) is 0. The van der Waals surface area contributed by atoms with Crippen LogP contribution in [-0.2, 0) is 15.3 Å². The smallest absolute Gasteiger partial charge is 0.319 e. The number of hydrogen-bond acceptors (Lipinski definition) is 11. The summed E-state index contributed by atoms with van der Waals surface area (Å²) in [6.07, 6.45) is 11.5. The van der Waals surface area contributed by atoms with Crippen LogP contribution in [0.5, 0.6) is 0 Å². The molecule has 17 heteroatoms. The monoisotopic (exact) mass is 809 g/mol. The number of carbonyl (C=O) groups excluding carboxylic acids is 6. The van der Waals surface area contributed by atoms with E-state index in [9.17, 15) is 28.8 Å². The maximum Gasteiger partial charge on any atom is 0.319 e. The van der Waals surface area contributed by atoms with E-state index in [1.165, 1.54) is 0 Å². The highest BCUT2D eigenvalue weighted by Crippen LogP contribution is 2.32. The van der Waals surface area contributed by atoms with Crippen molar-refractivity contribution in [2.75, 3.05) is 23.7 Å². The first-order valence-electron chi connectivity index (χ1n) is 19.5. The number of piperidine rings is 1. The second-order valence-corrected chi connectivity index (χ2v) is 15.2. The summed E-state index contributed by atoms with van der Waals surface area (Å²) < 4.78 is 1.56. The molecular formula is C41H47N9O7S. The van der Waals surface area contributed by atoms with Crippen LogP contribution in [0.4, 0.5) is 16.2 Å². The number of imide groups is 2. The van der Waals surface area contributed by atoms with Gasteiger partial charge in [0.25, 0.3) is 17.7 Å². The van der Waals surface area contributed by atoms with Gasteiger partial charge in [0.05, 0.1) is 28.7 Å². The predicted octanol–water partition coefficient (Wildman–Crippen LogP) is 5.82. The summed E-state index contributed by atoms with van der Waals surface area (Å²) in [5, 5.41) is 28.6. The fourth-order valence-corrected chi connectivity index (χ4v) is 7.75. The first-order chi connectivity index (χ1) is 28.2. The molecule has 0 radical (unpaired) electrons. The fourth-order valence-electron chi connectivity index (χ4n) is 6.92. The lowest BCUT2D eigenvalue weighted by Gasteiger charge is -2.27. The highest BCUT2D eigenvalue weighted by Gasteiger charge is 2.45. The van der Waals surface area contributed by atoms with Crippen molar-refractivity contribution in [3.8, 4) is 5.69 Å². The van der Waals surface area contributed by atoms with Crippen molar-refractivity contribution in [1.29, 1.82) is 0 Å². The molecule has 1 saturated heterocycles. The molecule has 1 atom stereocenters. The van der Waals surface area contributed by atoms with E-state index in [1.54, 1.807) is 70.6 Å². The highest BCUT2D eigenvalue weighted by atomic mass is 32.2. The minimum atomic E-state index is -0.983. The number of aromatic nitrogens is 3. The third-order valence-electron chi connectivity index (χ3n) is 9.92. The molecule has 2 aliphatic heterocycles. The minimum absolute atomic E-state index is 0.0834. The Hall–Kier alpha value is -6.07. The van der Waals surface area contributed by atoms with Crippen molar-refractivity contribution in [3.63, 3.8) is 0 Å². The topological polar surface area (TPSA) is 217 Å². The van der Waals surface area contributed by atoms with Crippen LogP contribution < -0.4 is 26.7 Å². The van der Waals surface area contributed by atoms with Crippen LogP contribution in [-0.4, -0.2) is 79.8 Å². The average Bonchev–Trinajstić information content (AvgIpc) is 3.81. The molecule has 16 nitrogen and oxygen atoms in total. The van der Waals surface area contributed by atoms with Gasteiger partial charge in [-0.1, -0.05) is 68.4 Å². The quantitative estimate of drug-likeness (QED) is 0.0205. The van der Waals surface area contributed by atoms with E-state index in [4.69, 9.17) is 5.21 Å². The molecule has 1 unspecified atom stereocenters. The van der Waals surface area contributed by atoms with Gasteiger partial charge in [-0.05, 0) is 67.8 Å². The van der Waals surface area contributed by atoms with Crippen LogP contribution in [0.3, 0.4) is 0 Å². The largest absolute Gasteiger partial charge is 0.384 e.